The standard InChI is InChI=1S/C71H125NO8/c1-3-5-7-9-11-13-15-17-19-21-23-25-27-28-29-30-31-32-33-34-35-36-37-38-39-41-43-45-47-49-51-53-55-57-59-61-67(75)72-64(63-79-71-70(78)69(77)68(76)66(62-73)80-71)65(74)60-58-56-54-52-50-48-46-44-42-40-26-24-22-20-18-16-14-12-10-8-6-4-2/h5,7,11,13,17,19,23,25,28-29,31-32,50,52,58,60,64-66,68-71,73-74,76-78H,3-4,6,8-10,12,14-16,18,20-22,24,26-27,30,33-49,51,53-57,59,61-63H2,1-2H3,(H,72,75)/b7-5-,13-11-,19-17-,25-23-,29-28-,32-31-,52-50+,60-58+. The Morgan fingerprint density at radius 3 is 1.20 bits per heavy atom. The summed E-state index contributed by atoms with van der Waals surface area (Å²) in [5, 5.41) is 54.7. The number of hydrogen-bond acceptors (Lipinski definition) is 8. The Bertz CT molecular complexity index is 1580. The van der Waals surface area contributed by atoms with Gasteiger partial charge in [0.15, 0.2) is 6.29 Å². The molecule has 7 atom stereocenters. The highest BCUT2D eigenvalue weighted by Gasteiger charge is 2.44. The minimum Gasteiger partial charge on any atom is -0.394 e. The maximum absolute atomic E-state index is 13.1. The third-order valence-electron chi connectivity index (χ3n) is 15.4. The number of ether oxygens (including phenoxy) is 2. The third kappa shape index (κ3) is 47.6. The van der Waals surface area contributed by atoms with Crippen LogP contribution in [0.25, 0.3) is 0 Å². The number of rotatable bonds is 57. The second-order valence-corrected chi connectivity index (χ2v) is 22.9. The molecular formula is C71H125NO8. The van der Waals surface area contributed by atoms with E-state index in [4.69, 9.17) is 9.47 Å². The summed E-state index contributed by atoms with van der Waals surface area (Å²) in [4.78, 5) is 13.1. The molecule has 0 aliphatic carbocycles. The lowest BCUT2D eigenvalue weighted by atomic mass is 9.99. The van der Waals surface area contributed by atoms with Crippen LogP contribution in [0.2, 0.25) is 0 Å². The van der Waals surface area contributed by atoms with Crippen LogP contribution in [0.3, 0.4) is 0 Å². The van der Waals surface area contributed by atoms with Gasteiger partial charge in [-0.15, -0.1) is 0 Å². The first-order chi connectivity index (χ1) is 39.3. The van der Waals surface area contributed by atoms with E-state index in [1.54, 1.807) is 6.08 Å². The van der Waals surface area contributed by atoms with Crippen molar-refractivity contribution in [1.29, 1.82) is 0 Å². The molecule has 0 aromatic carbocycles. The summed E-state index contributed by atoms with van der Waals surface area (Å²) in [6.45, 7) is 3.67. The number of hydrogen-bond donors (Lipinski definition) is 6. The zero-order valence-corrected chi connectivity index (χ0v) is 51.6. The number of aliphatic hydroxyl groups excluding tert-OH is 5. The summed E-state index contributed by atoms with van der Waals surface area (Å²) in [7, 11) is 0. The van der Waals surface area contributed by atoms with Crippen molar-refractivity contribution in [3.05, 3.63) is 97.2 Å². The van der Waals surface area contributed by atoms with Gasteiger partial charge in [-0.1, -0.05) is 297 Å². The molecule has 1 aliphatic rings. The molecule has 0 saturated carbocycles. The largest absolute Gasteiger partial charge is 0.394 e. The van der Waals surface area contributed by atoms with Gasteiger partial charge in [0.05, 0.1) is 25.4 Å². The van der Waals surface area contributed by atoms with E-state index in [9.17, 15) is 30.3 Å². The second-order valence-electron chi connectivity index (χ2n) is 22.9. The fourth-order valence-electron chi connectivity index (χ4n) is 10.2. The van der Waals surface area contributed by atoms with Crippen LogP contribution in [0.1, 0.15) is 290 Å². The van der Waals surface area contributed by atoms with E-state index in [1.807, 2.05) is 6.08 Å². The zero-order chi connectivity index (χ0) is 57.9. The molecule has 0 aromatic heterocycles. The first kappa shape index (κ1) is 75.1. The van der Waals surface area contributed by atoms with Gasteiger partial charge in [0.2, 0.25) is 5.91 Å². The quantitative estimate of drug-likeness (QED) is 0.0261. The van der Waals surface area contributed by atoms with Crippen LogP contribution in [0.15, 0.2) is 97.2 Å². The Morgan fingerprint density at radius 1 is 0.438 bits per heavy atom. The van der Waals surface area contributed by atoms with Crippen molar-refractivity contribution >= 4 is 5.91 Å². The molecule has 462 valence electrons. The molecule has 9 heteroatoms. The molecule has 1 amide bonds. The van der Waals surface area contributed by atoms with E-state index in [0.29, 0.717) is 6.42 Å². The molecule has 1 saturated heterocycles. The SMILES string of the molecule is CC/C=C\C/C=C\C/C=C\C/C=C\C/C=C\C/C=C\CCCCCCCCCCCCCCCCCCC(=O)NC(COC1OC(CO)C(O)C(O)C1O)C(O)/C=C/CC/C=C/CCCCCCCCCCCCCCCCCC. The Balaban J connectivity index is 2.15. The number of nitrogens with one attached hydrogen (secondary N) is 1. The normalized spacial score (nSPS) is 19.1. The Labute approximate surface area is 492 Å². The third-order valence-corrected chi connectivity index (χ3v) is 15.4. The maximum atomic E-state index is 13.1. The average molecular weight is 1120 g/mol. The Kier molecular flexibility index (Phi) is 55.7. The van der Waals surface area contributed by atoms with E-state index >= 15 is 0 Å². The summed E-state index contributed by atoms with van der Waals surface area (Å²) in [6, 6.07) is -0.827. The van der Waals surface area contributed by atoms with Crippen molar-refractivity contribution in [1.82, 2.24) is 5.32 Å². The van der Waals surface area contributed by atoms with Gasteiger partial charge in [-0.25, -0.2) is 0 Å². The van der Waals surface area contributed by atoms with Crippen molar-refractivity contribution < 1.29 is 39.8 Å². The molecule has 1 aliphatic heterocycles. The van der Waals surface area contributed by atoms with Crippen LogP contribution in [0.5, 0.6) is 0 Å². The first-order valence-corrected chi connectivity index (χ1v) is 33.5. The summed E-state index contributed by atoms with van der Waals surface area (Å²) in [5.74, 6) is -0.186. The Hall–Kier alpha value is -2.89. The van der Waals surface area contributed by atoms with Crippen LogP contribution >= 0.6 is 0 Å². The number of unbranched alkanes of at least 4 members (excludes halogenated alkanes) is 33. The fourth-order valence-corrected chi connectivity index (χ4v) is 10.2. The van der Waals surface area contributed by atoms with E-state index in [1.165, 1.54) is 193 Å². The lowest BCUT2D eigenvalue weighted by Gasteiger charge is -2.40. The second kappa shape index (κ2) is 59.3. The minimum absolute atomic E-state index is 0.186. The minimum atomic E-state index is -1.58. The van der Waals surface area contributed by atoms with Gasteiger partial charge in [0, 0.05) is 6.42 Å². The number of allylic oxidation sites excluding steroid dienone is 15. The molecule has 1 fully saturated rings. The lowest BCUT2D eigenvalue weighted by molar-refractivity contribution is -0.302. The molecule has 1 heterocycles. The van der Waals surface area contributed by atoms with Gasteiger partial charge in [0.1, 0.15) is 24.4 Å². The van der Waals surface area contributed by atoms with Crippen LogP contribution in [-0.4, -0.2) is 87.5 Å². The van der Waals surface area contributed by atoms with Gasteiger partial charge >= 0.3 is 0 Å². The monoisotopic (exact) mass is 1120 g/mol. The fraction of sp³-hybridized carbons (Fsp3) is 0.761. The van der Waals surface area contributed by atoms with Gasteiger partial charge in [-0.2, -0.15) is 0 Å². The molecule has 80 heavy (non-hydrogen) atoms. The summed E-state index contributed by atoms with van der Waals surface area (Å²) in [5.41, 5.74) is 0. The van der Waals surface area contributed by atoms with Gasteiger partial charge in [-0.05, 0) is 83.5 Å². The van der Waals surface area contributed by atoms with Crippen LogP contribution < -0.4 is 5.32 Å². The van der Waals surface area contributed by atoms with Crippen LogP contribution in [-0.2, 0) is 14.3 Å². The number of aliphatic hydroxyl groups is 5. The predicted molar refractivity (Wildman–Crippen MR) is 341 cm³/mol. The molecule has 0 radical (unpaired) electrons. The topological polar surface area (TPSA) is 149 Å². The highest BCUT2D eigenvalue weighted by molar-refractivity contribution is 5.76. The summed E-state index contributed by atoms with van der Waals surface area (Å²) in [6.07, 6.45) is 79.3. The molecule has 1 rings (SSSR count). The molecule has 6 N–H and O–H groups in total. The maximum Gasteiger partial charge on any atom is 0.220 e. The Morgan fingerprint density at radius 2 is 0.787 bits per heavy atom. The zero-order valence-electron chi connectivity index (χ0n) is 51.6. The van der Waals surface area contributed by atoms with Crippen molar-refractivity contribution in [2.24, 2.45) is 0 Å². The first-order valence-electron chi connectivity index (χ1n) is 33.5. The molecule has 9 nitrogen and oxygen atoms in total. The van der Waals surface area contributed by atoms with Gasteiger partial charge < -0.3 is 40.3 Å². The number of carbonyl (C=O) groups is 1. The van der Waals surface area contributed by atoms with Gasteiger partial charge in [0.25, 0.3) is 0 Å². The molecule has 0 aromatic rings. The number of amides is 1. The van der Waals surface area contributed by atoms with Crippen LogP contribution in [0.4, 0.5) is 0 Å². The number of carbonyl (C=O) groups excluding carboxylic acids is 1. The van der Waals surface area contributed by atoms with Crippen molar-refractivity contribution in [2.75, 3.05) is 13.2 Å². The van der Waals surface area contributed by atoms with E-state index in [-0.39, 0.29) is 12.5 Å². The molecular weight excluding hydrogens is 995 g/mol. The van der Waals surface area contributed by atoms with Crippen LogP contribution in [0, 0.1) is 0 Å². The highest BCUT2D eigenvalue weighted by atomic mass is 16.7. The average Bonchev–Trinajstić information content (AvgIpc) is 3.46. The van der Waals surface area contributed by atoms with Crippen molar-refractivity contribution in [3.8, 4) is 0 Å². The summed E-state index contributed by atoms with van der Waals surface area (Å²) >= 11 is 0. The predicted octanol–water partition coefficient (Wildman–Crippen LogP) is 17.9. The molecule has 0 bridgehead atoms. The lowest BCUT2D eigenvalue weighted by Crippen LogP contribution is -2.60. The highest BCUT2D eigenvalue weighted by Crippen LogP contribution is 2.23. The smallest absolute Gasteiger partial charge is 0.220 e. The van der Waals surface area contributed by atoms with E-state index in [2.05, 4.69) is 104 Å². The van der Waals surface area contributed by atoms with Gasteiger partial charge in [-0.3, -0.25) is 4.79 Å². The molecule has 0 spiro atoms. The van der Waals surface area contributed by atoms with E-state index < -0.39 is 49.5 Å². The summed E-state index contributed by atoms with van der Waals surface area (Å²) < 4.78 is 11.3. The van der Waals surface area contributed by atoms with Crippen molar-refractivity contribution in [2.45, 2.75) is 333 Å². The van der Waals surface area contributed by atoms with Crippen molar-refractivity contribution in [3.63, 3.8) is 0 Å². The van der Waals surface area contributed by atoms with E-state index in [0.717, 1.165) is 77.0 Å². The molecule has 7 unspecified atom stereocenters.